The molecule has 13 rings (SSSR count). The zero-order valence-electron chi connectivity index (χ0n) is 33.6. The number of fused-ring (bicyclic) bond motifs is 10. The molecule has 0 N–H and O–H groups in total. The van der Waals surface area contributed by atoms with Gasteiger partial charge in [-0.05, 0) is 113 Å². The minimum Gasteiger partial charge on any atom is -0.456 e. The Morgan fingerprint density at radius 2 is 0.887 bits per heavy atom. The lowest BCUT2D eigenvalue weighted by molar-refractivity contribution is 0.669. The number of furan rings is 1. The van der Waals surface area contributed by atoms with E-state index < -0.39 is 0 Å². The van der Waals surface area contributed by atoms with Crippen LogP contribution in [0.5, 0.6) is 0 Å². The van der Waals surface area contributed by atoms with Crippen molar-refractivity contribution in [3.63, 3.8) is 0 Å². The van der Waals surface area contributed by atoms with Crippen LogP contribution in [0.2, 0.25) is 0 Å². The Morgan fingerprint density at radius 3 is 1.68 bits per heavy atom. The van der Waals surface area contributed by atoms with Crippen molar-refractivity contribution in [2.45, 2.75) is 0 Å². The molecular weight excluding hydrogens is 755 g/mol. The van der Waals surface area contributed by atoms with Crippen molar-refractivity contribution in [1.82, 2.24) is 9.13 Å². The number of rotatable bonds is 6. The maximum atomic E-state index is 6.48. The molecule has 0 spiro atoms. The molecule has 0 aliphatic carbocycles. The van der Waals surface area contributed by atoms with Crippen LogP contribution >= 0.6 is 0 Å². The fraction of sp³-hybridized carbons (Fsp3) is 0. The van der Waals surface area contributed by atoms with Gasteiger partial charge in [0.25, 0.3) is 0 Å². The normalized spacial score (nSPS) is 11.9. The van der Waals surface area contributed by atoms with Crippen molar-refractivity contribution >= 4 is 93.4 Å². The Morgan fingerprint density at radius 1 is 0.323 bits per heavy atom. The second kappa shape index (κ2) is 13.6. The highest BCUT2D eigenvalue weighted by Gasteiger charge is 2.22. The molecule has 290 valence electrons. The molecule has 3 aromatic heterocycles. The second-order valence-corrected chi connectivity index (χ2v) is 16.1. The average Bonchev–Trinajstić information content (AvgIpc) is 3.99. The largest absolute Gasteiger partial charge is 0.456 e. The standard InChI is InChI=1S/C58H37N3O/c1-2-15-42(16-3-1)60-52-21-10-7-19-49(52)58-53(22-12-23-54(58)60)59(45-33-34-48-47-18-8-11-24-56(47)62-57(48)37-45)43-29-25-38(26-30-43)39-27-31-44(32-28-39)61-51-20-9-6-17-46(51)50-35-40-13-4-5-14-41(40)36-55(50)61/h1-37H. The van der Waals surface area contributed by atoms with Crippen LogP contribution in [0.3, 0.4) is 0 Å². The van der Waals surface area contributed by atoms with E-state index in [1.165, 1.54) is 48.9 Å². The monoisotopic (exact) mass is 791 g/mol. The molecule has 62 heavy (non-hydrogen) atoms. The van der Waals surface area contributed by atoms with Gasteiger partial charge in [-0.15, -0.1) is 0 Å². The van der Waals surface area contributed by atoms with E-state index in [2.05, 4.69) is 226 Å². The summed E-state index contributed by atoms with van der Waals surface area (Å²) >= 11 is 0. The van der Waals surface area contributed by atoms with Gasteiger partial charge in [0.2, 0.25) is 0 Å². The molecule has 3 heterocycles. The summed E-state index contributed by atoms with van der Waals surface area (Å²) in [5.74, 6) is 0. The van der Waals surface area contributed by atoms with Gasteiger partial charge in [0.05, 0.1) is 27.8 Å². The number of para-hydroxylation sites is 4. The van der Waals surface area contributed by atoms with Crippen LogP contribution in [0.4, 0.5) is 17.1 Å². The lowest BCUT2D eigenvalue weighted by Crippen LogP contribution is -2.10. The first kappa shape index (κ1) is 34.5. The Kier molecular flexibility index (Phi) is 7.57. The SMILES string of the molecule is c1ccc(-n2c3ccccc3c3c(N(c4ccc(-c5ccc(-n6c7ccccc7c7cc8ccccc8cc76)cc5)cc4)c4ccc5c(c4)oc4ccccc45)cccc32)cc1. The van der Waals surface area contributed by atoms with Crippen LogP contribution in [0, 0.1) is 0 Å². The van der Waals surface area contributed by atoms with Crippen molar-refractivity contribution in [3.05, 3.63) is 224 Å². The van der Waals surface area contributed by atoms with Gasteiger partial charge in [-0.1, -0.05) is 127 Å². The summed E-state index contributed by atoms with van der Waals surface area (Å²) < 4.78 is 11.3. The summed E-state index contributed by atoms with van der Waals surface area (Å²) in [5, 5.41) is 9.64. The average molecular weight is 792 g/mol. The van der Waals surface area contributed by atoms with Crippen LogP contribution in [0.25, 0.3) is 98.8 Å². The zero-order valence-corrected chi connectivity index (χ0v) is 33.6. The van der Waals surface area contributed by atoms with Crippen molar-refractivity contribution in [3.8, 4) is 22.5 Å². The van der Waals surface area contributed by atoms with Gasteiger partial charge in [-0.3, -0.25) is 0 Å². The van der Waals surface area contributed by atoms with Crippen LogP contribution < -0.4 is 4.90 Å². The van der Waals surface area contributed by atoms with Crippen LogP contribution in [-0.2, 0) is 0 Å². The zero-order chi connectivity index (χ0) is 40.7. The Labute approximate surface area is 357 Å². The topological polar surface area (TPSA) is 26.2 Å². The minimum atomic E-state index is 0.862. The number of nitrogens with zero attached hydrogens (tertiary/aromatic N) is 3. The van der Waals surface area contributed by atoms with Crippen molar-refractivity contribution < 1.29 is 4.42 Å². The van der Waals surface area contributed by atoms with Gasteiger partial charge in [0, 0.05) is 61.1 Å². The molecule has 0 aliphatic rings. The first-order chi connectivity index (χ1) is 30.7. The molecule has 0 radical (unpaired) electrons. The fourth-order valence-corrected chi connectivity index (χ4v) is 9.86. The number of hydrogen-bond acceptors (Lipinski definition) is 2. The van der Waals surface area contributed by atoms with Crippen molar-refractivity contribution in [2.75, 3.05) is 4.90 Å². The highest BCUT2D eigenvalue weighted by Crippen LogP contribution is 2.45. The van der Waals surface area contributed by atoms with Crippen LogP contribution in [0.15, 0.2) is 229 Å². The van der Waals surface area contributed by atoms with Gasteiger partial charge in [0.15, 0.2) is 0 Å². The van der Waals surface area contributed by atoms with Gasteiger partial charge in [0.1, 0.15) is 11.2 Å². The molecule has 0 aliphatic heterocycles. The summed E-state index contributed by atoms with van der Waals surface area (Å²) in [6.45, 7) is 0. The lowest BCUT2D eigenvalue weighted by Gasteiger charge is -2.27. The Balaban J connectivity index is 0.948. The van der Waals surface area contributed by atoms with E-state index in [-0.39, 0.29) is 0 Å². The maximum Gasteiger partial charge on any atom is 0.137 e. The van der Waals surface area contributed by atoms with E-state index in [9.17, 15) is 0 Å². The molecular formula is C58H37N3O. The molecule has 0 saturated carbocycles. The third-order valence-corrected chi connectivity index (χ3v) is 12.7. The van der Waals surface area contributed by atoms with Gasteiger partial charge in [-0.2, -0.15) is 0 Å². The van der Waals surface area contributed by atoms with E-state index >= 15 is 0 Å². The molecule has 0 saturated heterocycles. The first-order valence-electron chi connectivity index (χ1n) is 21.2. The Bertz CT molecular complexity index is 3850. The number of hydrogen-bond donors (Lipinski definition) is 0. The Hall–Kier alpha value is -8.34. The number of benzene rings is 10. The molecule has 13 aromatic rings. The smallest absolute Gasteiger partial charge is 0.137 e. The maximum absolute atomic E-state index is 6.48. The summed E-state index contributed by atoms with van der Waals surface area (Å²) in [6, 6.07) is 81.0. The van der Waals surface area contributed by atoms with E-state index in [0.717, 1.165) is 67.0 Å². The number of aromatic nitrogens is 2. The van der Waals surface area contributed by atoms with E-state index in [1.54, 1.807) is 0 Å². The summed E-state index contributed by atoms with van der Waals surface area (Å²) in [7, 11) is 0. The van der Waals surface area contributed by atoms with E-state index in [0.29, 0.717) is 0 Å². The first-order valence-corrected chi connectivity index (χ1v) is 21.2. The second-order valence-electron chi connectivity index (χ2n) is 16.1. The lowest BCUT2D eigenvalue weighted by atomic mass is 10.0. The molecule has 0 amide bonds. The fourth-order valence-electron chi connectivity index (χ4n) is 9.86. The van der Waals surface area contributed by atoms with Crippen molar-refractivity contribution in [2.24, 2.45) is 0 Å². The quantitative estimate of drug-likeness (QED) is 0.168. The van der Waals surface area contributed by atoms with Crippen LogP contribution in [0.1, 0.15) is 0 Å². The molecule has 4 nitrogen and oxygen atoms in total. The molecule has 4 heteroatoms. The van der Waals surface area contributed by atoms with Gasteiger partial charge < -0.3 is 18.5 Å². The third-order valence-electron chi connectivity index (χ3n) is 12.7. The molecule has 0 bridgehead atoms. The molecule has 0 atom stereocenters. The third kappa shape index (κ3) is 5.27. The van der Waals surface area contributed by atoms with Gasteiger partial charge in [-0.25, -0.2) is 0 Å². The summed E-state index contributed by atoms with van der Waals surface area (Å²) in [6.07, 6.45) is 0. The minimum absolute atomic E-state index is 0.862. The predicted molar refractivity (Wildman–Crippen MR) is 260 cm³/mol. The predicted octanol–water partition coefficient (Wildman–Crippen LogP) is 16.1. The van der Waals surface area contributed by atoms with Crippen LogP contribution in [-0.4, -0.2) is 9.13 Å². The molecule has 10 aromatic carbocycles. The van der Waals surface area contributed by atoms with Gasteiger partial charge >= 0.3 is 0 Å². The summed E-state index contributed by atoms with van der Waals surface area (Å²) in [5.41, 5.74) is 14.3. The summed E-state index contributed by atoms with van der Waals surface area (Å²) in [4.78, 5) is 2.38. The van der Waals surface area contributed by atoms with Crippen molar-refractivity contribution in [1.29, 1.82) is 0 Å². The molecule has 0 fully saturated rings. The number of anilines is 3. The molecule has 0 unspecified atom stereocenters. The van der Waals surface area contributed by atoms with E-state index in [4.69, 9.17) is 4.42 Å². The van der Waals surface area contributed by atoms with E-state index in [1.807, 2.05) is 12.1 Å². The highest BCUT2D eigenvalue weighted by atomic mass is 16.3. The highest BCUT2D eigenvalue weighted by molar-refractivity contribution is 6.17.